The average molecular weight is 249 g/mol. The van der Waals surface area contributed by atoms with E-state index < -0.39 is 10.9 Å². The first kappa shape index (κ1) is 11.6. The number of nitrogens with zero attached hydrogens (tertiary/aromatic N) is 5. The Kier molecular flexibility index (Phi) is 2.96. The smallest absolute Gasteiger partial charge is 0.377 e. The van der Waals surface area contributed by atoms with Crippen LogP contribution in [0.3, 0.4) is 0 Å². The van der Waals surface area contributed by atoms with E-state index in [0.29, 0.717) is 0 Å². The highest BCUT2D eigenvalue weighted by Crippen LogP contribution is 2.18. The van der Waals surface area contributed by atoms with Gasteiger partial charge in [0.05, 0.1) is 12.0 Å². The topological polar surface area (TPSA) is 113 Å². The molecule has 0 aromatic carbocycles. The van der Waals surface area contributed by atoms with Crippen molar-refractivity contribution in [3.8, 4) is 5.82 Å². The Morgan fingerprint density at radius 2 is 2.28 bits per heavy atom. The van der Waals surface area contributed by atoms with Crippen molar-refractivity contribution in [2.45, 2.75) is 0 Å². The Balaban J connectivity index is 2.46. The molecule has 2 aromatic heterocycles. The summed E-state index contributed by atoms with van der Waals surface area (Å²) < 4.78 is 5.48. The number of hydrogen-bond acceptors (Lipinski definition) is 7. The molecule has 0 atom stereocenters. The number of ether oxygens (including phenoxy) is 1. The molecule has 0 spiro atoms. The van der Waals surface area contributed by atoms with Crippen LogP contribution in [0.1, 0.15) is 10.6 Å². The minimum atomic E-state index is -0.729. The number of aromatic nitrogens is 4. The lowest BCUT2D eigenvalue weighted by molar-refractivity contribution is -0.384. The van der Waals surface area contributed by atoms with E-state index in [1.165, 1.54) is 25.4 Å². The fourth-order valence-corrected chi connectivity index (χ4v) is 1.26. The van der Waals surface area contributed by atoms with E-state index in [1.807, 2.05) is 0 Å². The first-order chi connectivity index (χ1) is 8.63. The second-order valence-electron chi connectivity index (χ2n) is 3.11. The number of esters is 1. The number of nitro groups is 1. The summed E-state index contributed by atoms with van der Waals surface area (Å²) in [7, 11) is 1.19. The molecular weight excluding hydrogens is 242 g/mol. The Hall–Kier alpha value is -2.84. The summed E-state index contributed by atoms with van der Waals surface area (Å²) in [6.45, 7) is 0. The number of carbonyl (C=O) groups excluding carboxylic acids is 1. The number of pyridine rings is 1. The molecular formula is C9H7N5O4. The number of hydrogen-bond donors (Lipinski definition) is 0. The molecule has 0 unspecified atom stereocenters. The summed E-state index contributed by atoms with van der Waals surface area (Å²) in [5.41, 5.74) is -0.237. The quantitative estimate of drug-likeness (QED) is 0.438. The molecule has 0 aliphatic carbocycles. The van der Waals surface area contributed by atoms with Gasteiger partial charge in [0.1, 0.15) is 6.33 Å². The minimum absolute atomic E-state index is 0.0230. The lowest BCUT2D eigenvalue weighted by atomic mass is 10.4. The van der Waals surface area contributed by atoms with Gasteiger partial charge < -0.3 is 4.74 Å². The minimum Gasteiger partial charge on any atom is -0.463 e. The van der Waals surface area contributed by atoms with Crippen molar-refractivity contribution in [1.29, 1.82) is 0 Å². The maximum Gasteiger partial charge on any atom is 0.377 e. The van der Waals surface area contributed by atoms with Crippen LogP contribution in [0.4, 0.5) is 5.69 Å². The fraction of sp³-hybridized carbons (Fsp3) is 0.111. The Labute approximate surface area is 100 Å². The first-order valence-corrected chi connectivity index (χ1v) is 4.73. The lowest BCUT2D eigenvalue weighted by Crippen LogP contribution is -2.07. The maximum absolute atomic E-state index is 11.2. The maximum atomic E-state index is 11.2. The molecule has 0 radical (unpaired) electrons. The lowest BCUT2D eigenvalue weighted by Gasteiger charge is -1.99. The highest BCUT2D eigenvalue weighted by Gasteiger charge is 2.19. The molecule has 0 aliphatic heterocycles. The van der Waals surface area contributed by atoms with Crippen molar-refractivity contribution in [3.05, 3.63) is 40.6 Å². The summed E-state index contributed by atoms with van der Waals surface area (Å²) in [5.74, 6) is -0.949. The van der Waals surface area contributed by atoms with Gasteiger partial charge in [-0.3, -0.25) is 10.1 Å². The summed E-state index contributed by atoms with van der Waals surface area (Å²) in [6.07, 6.45) is 2.53. The van der Waals surface area contributed by atoms with E-state index in [4.69, 9.17) is 0 Å². The average Bonchev–Trinajstić information content (AvgIpc) is 2.87. The summed E-state index contributed by atoms with van der Waals surface area (Å²) in [5, 5.41) is 14.6. The van der Waals surface area contributed by atoms with Crippen LogP contribution in [-0.4, -0.2) is 37.8 Å². The molecule has 0 bridgehead atoms. The zero-order valence-electron chi connectivity index (χ0n) is 9.18. The summed E-state index contributed by atoms with van der Waals surface area (Å²) in [6, 6.07) is 2.71. The van der Waals surface area contributed by atoms with Gasteiger partial charge in [0.15, 0.2) is 0 Å². The Morgan fingerprint density at radius 1 is 1.50 bits per heavy atom. The van der Waals surface area contributed by atoms with Crippen molar-refractivity contribution < 1.29 is 14.5 Å². The van der Waals surface area contributed by atoms with Gasteiger partial charge in [-0.05, 0) is 6.07 Å². The molecule has 0 saturated carbocycles. The van der Waals surface area contributed by atoms with Crippen LogP contribution in [0.25, 0.3) is 5.82 Å². The third kappa shape index (κ3) is 2.00. The first-order valence-electron chi connectivity index (χ1n) is 4.73. The Morgan fingerprint density at radius 3 is 2.94 bits per heavy atom. The highest BCUT2D eigenvalue weighted by molar-refractivity contribution is 5.84. The number of carbonyl (C=O) groups is 1. The van der Waals surface area contributed by atoms with Crippen LogP contribution in [0.5, 0.6) is 0 Å². The monoisotopic (exact) mass is 249 g/mol. The zero-order valence-corrected chi connectivity index (χ0v) is 9.18. The van der Waals surface area contributed by atoms with Crippen molar-refractivity contribution in [2.24, 2.45) is 0 Å². The standard InChI is InChI=1S/C9H7N5O4/c1-18-9(15)7-11-5-13(12-7)8-6(14(16)17)3-2-4-10-8/h2-5H,1H3. The normalized spacial score (nSPS) is 10.1. The molecule has 2 rings (SSSR count). The number of rotatable bonds is 3. The van der Waals surface area contributed by atoms with E-state index in [2.05, 4.69) is 19.8 Å². The summed E-state index contributed by atoms with van der Waals surface area (Å²) in [4.78, 5) is 28.9. The van der Waals surface area contributed by atoms with Gasteiger partial charge in [0.25, 0.3) is 5.82 Å². The third-order valence-electron chi connectivity index (χ3n) is 2.04. The van der Waals surface area contributed by atoms with Gasteiger partial charge in [-0.25, -0.2) is 14.8 Å². The third-order valence-corrected chi connectivity index (χ3v) is 2.04. The van der Waals surface area contributed by atoms with Gasteiger partial charge in [-0.1, -0.05) is 0 Å². The predicted octanol–water partition coefficient (Wildman–Crippen LogP) is 0.357. The zero-order chi connectivity index (χ0) is 13.1. The fourth-order valence-electron chi connectivity index (χ4n) is 1.26. The van der Waals surface area contributed by atoms with Crippen LogP contribution in [-0.2, 0) is 4.74 Å². The largest absolute Gasteiger partial charge is 0.463 e. The molecule has 2 aromatic rings. The second-order valence-corrected chi connectivity index (χ2v) is 3.11. The van der Waals surface area contributed by atoms with Gasteiger partial charge >= 0.3 is 11.7 Å². The molecule has 9 heteroatoms. The second kappa shape index (κ2) is 4.57. The van der Waals surface area contributed by atoms with E-state index in [-0.39, 0.29) is 17.3 Å². The highest BCUT2D eigenvalue weighted by atomic mass is 16.6. The van der Waals surface area contributed by atoms with Gasteiger partial charge in [0.2, 0.25) is 5.82 Å². The molecule has 0 aliphatic rings. The molecule has 0 N–H and O–H groups in total. The Bertz CT molecular complexity index is 609. The molecule has 9 nitrogen and oxygen atoms in total. The van der Waals surface area contributed by atoms with Crippen molar-refractivity contribution in [2.75, 3.05) is 7.11 Å². The van der Waals surface area contributed by atoms with E-state index in [9.17, 15) is 14.9 Å². The molecule has 0 saturated heterocycles. The summed E-state index contributed by atoms with van der Waals surface area (Å²) >= 11 is 0. The van der Waals surface area contributed by atoms with Crippen LogP contribution in [0.15, 0.2) is 24.7 Å². The van der Waals surface area contributed by atoms with Crippen molar-refractivity contribution in [1.82, 2.24) is 19.7 Å². The van der Waals surface area contributed by atoms with E-state index in [0.717, 1.165) is 11.0 Å². The van der Waals surface area contributed by atoms with Gasteiger partial charge in [-0.2, -0.15) is 4.68 Å². The predicted molar refractivity (Wildman–Crippen MR) is 57.1 cm³/mol. The van der Waals surface area contributed by atoms with Crippen LogP contribution in [0.2, 0.25) is 0 Å². The van der Waals surface area contributed by atoms with Gasteiger partial charge in [0, 0.05) is 12.3 Å². The molecule has 0 amide bonds. The van der Waals surface area contributed by atoms with Crippen LogP contribution < -0.4 is 0 Å². The number of methoxy groups -OCH3 is 1. The molecule has 0 fully saturated rings. The van der Waals surface area contributed by atoms with Crippen LogP contribution in [0, 0.1) is 10.1 Å². The van der Waals surface area contributed by atoms with Crippen LogP contribution >= 0.6 is 0 Å². The molecule has 18 heavy (non-hydrogen) atoms. The van der Waals surface area contributed by atoms with Gasteiger partial charge in [-0.15, -0.1) is 5.10 Å². The van der Waals surface area contributed by atoms with E-state index >= 15 is 0 Å². The van der Waals surface area contributed by atoms with Crippen molar-refractivity contribution in [3.63, 3.8) is 0 Å². The molecule has 92 valence electrons. The van der Waals surface area contributed by atoms with E-state index in [1.54, 1.807) is 0 Å². The molecule has 2 heterocycles. The SMILES string of the molecule is COC(=O)c1ncn(-c2ncccc2[N+](=O)[O-])n1. The van der Waals surface area contributed by atoms with Crippen molar-refractivity contribution >= 4 is 11.7 Å².